The molecule has 406 valence electrons. The number of rotatable bonds is 59. The van der Waals surface area contributed by atoms with Crippen LogP contribution in [0.3, 0.4) is 0 Å². The van der Waals surface area contributed by atoms with Crippen molar-refractivity contribution in [2.75, 3.05) is 13.2 Å². The van der Waals surface area contributed by atoms with Crippen molar-refractivity contribution >= 4 is 11.9 Å². The number of aliphatic hydroxyl groups is 2. The van der Waals surface area contributed by atoms with Gasteiger partial charge in [-0.05, 0) is 25.7 Å². The van der Waals surface area contributed by atoms with Crippen LogP contribution in [0.5, 0.6) is 0 Å². The molecule has 0 aliphatic heterocycles. The van der Waals surface area contributed by atoms with E-state index >= 15 is 0 Å². The van der Waals surface area contributed by atoms with Crippen molar-refractivity contribution in [3.63, 3.8) is 0 Å². The molecule has 1 amide bonds. The number of aliphatic hydroxyl groups excluding tert-OH is 2. The molecule has 0 bridgehead atoms. The van der Waals surface area contributed by atoms with Gasteiger partial charge in [0.15, 0.2) is 0 Å². The van der Waals surface area contributed by atoms with Crippen LogP contribution < -0.4 is 5.32 Å². The Kier molecular flexibility index (Phi) is 57.5. The van der Waals surface area contributed by atoms with Crippen LogP contribution in [0.1, 0.15) is 361 Å². The van der Waals surface area contributed by atoms with Gasteiger partial charge in [-0.1, -0.05) is 322 Å². The fourth-order valence-corrected chi connectivity index (χ4v) is 10.1. The SMILES string of the molecule is CCCCCCCCCCCCCCCCCCCCC(=O)OCCCCCCCCCCCCCCCCCCCC(=O)NC(CO)C(O)CCCCCCCCCCCCCCCCCC. The third-order valence-electron chi connectivity index (χ3n) is 14.9. The van der Waals surface area contributed by atoms with Gasteiger partial charge < -0.3 is 20.3 Å². The predicted molar refractivity (Wildman–Crippen MR) is 297 cm³/mol. The second-order valence-electron chi connectivity index (χ2n) is 21.8. The number of carbonyl (C=O) groups excluding carboxylic acids is 2. The van der Waals surface area contributed by atoms with E-state index in [0.29, 0.717) is 25.9 Å². The molecule has 0 aromatic heterocycles. The summed E-state index contributed by atoms with van der Waals surface area (Å²) in [6.45, 7) is 4.98. The van der Waals surface area contributed by atoms with Gasteiger partial charge in [-0.3, -0.25) is 9.59 Å². The number of carbonyl (C=O) groups is 2. The minimum atomic E-state index is -0.667. The van der Waals surface area contributed by atoms with Crippen LogP contribution in [0.15, 0.2) is 0 Å². The van der Waals surface area contributed by atoms with E-state index in [2.05, 4.69) is 19.2 Å². The molecule has 6 nitrogen and oxygen atoms in total. The number of nitrogens with one attached hydrogen (secondary N) is 1. The molecule has 2 atom stereocenters. The van der Waals surface area contributed by atoms with E-state index in [1.54, 1.807) is 0 Å². The maximum Gasteiger partial charge on any atom is 0.305 e. The Morgan fingerprint density at radius 1 is 0.353 bits per heavy atom. The first kappa shape index (κ1) is 66.9. The fraction of sp³-hybridized carbons (Fsp3) is 0.968. The average Bonchev–Trinajstić information content (AvgIpc) is 3.34. The van der Waals surface area contributed by atoms with Gasteiger partial charge >= 0.3 is 5.97 Å². The van der Waals surface area contributed by atoms with Gasteiger partial charge in [0.05, 0.1) is 25.4 Å². The van der Waals surface area contributed by atoms with Crippen LogP contribution in [0.2, 0.25) is 0 Å². The van der Waals surface area contributed by atoms with Gasteiger partial charge in [0.1, 0.15) is 0 Å². The van der Waals surface area contributed by atoms with Gasteiger partial charge in [-0.2, -0.15) is 0 Å². The molecule has 0 aliphatic rings. The largest absolute Gasteiger partial charge is 0.466 e. The molecule has 0 spiro atoms. The molecule has 68 heavy (non-hydrogen) atoms. The molecule has 3 N–H and O–H groups in total. The maximum absolute atomic E-state index is 12.5. The van der Waals surface area contributed by atoms with Crippen LogP contribution in [-0.2, 0) is 14.3 Å². The fourth-order valence-electron chi connectivity index (χ4n) is 10.1. The Bertz CT molecular complexity index is 975. The summed E-state index contributed by atoms with van der Waals surface area (Å²) in [6, 6.07) is -0.544. The number of unbranched alkanes of at least 4 members (excludes halogenated alkanes) is 48. The summed E-state index contributed by atoms with van der Waals surface area (Å²) in [7, 11) is 0. The van der Waals surface area contributed by atoms with Crippen molar-refractivity contribution in [1.82, 2.24) is 5.32 Å². The molecule has 6 heteroatoms. The Hall–Kier alpha value is -1.14. The minimum absolute atomic E-state index is 0.0110. The highest BCUT2D eigenvalue weighted by Gasteiger charge is 2.20. The number of esters is 1. The summed E-state index contributed by atoms with van der Waals surface area (Å²) in [5, 5.41) is 23.3. The molecule has 0 fully saturated rings. The smallest absolute Gasteiger partial charge is 0.305 e. The lowest BCUT2D eigenvalue weighted by Crippen LogP contribution is -2.45. The highest BCUT2D eigenvalue weighted by molar-refractivity contribution is 5.76. The topological polar surface area (TPSA) is 95.9 Å². The molecule has 0 heterocycles. The third kappa shape index (κ3) is 54.2. The third-order valence-corrected chi connectivity index (χ3v) is 14.9. The number of hydrogen-bond acceptors (Lipinski definition) is 5. The second kappa shape index (κ2) is 58.4. The lowest BCUT2D eigenvalue weighted by Gasteiger charge is -2.22. The summed E-state index contributed by atoms with van der Waals surface area (Å²) < 4.78 is 5.50. The van der Waals surface area contributed by atoms with Crippen molar-refractivity contribution in [2.24, 2.45) is 0 Å². The highest BCUT2D eigenvalue weighted by Crippen LogP contribution is 2.19. The van der Waals surface area contributed by atoms with E-state index in [1.807, 2.05) is 0 Å². The Balaban J connectivity index is 3.38. The maximum atomic E-state index is 12.5. The standard InChI is InChI=1S/C62H123NO5/c1-3-5-7-9-11-13-15-17-19-21-24-28-32-36-40-44-48-52-56-62(67)68-57-53-49-45-41-37-33-29-25-22-23-27-31-35-39-43-47-51-55-61(66)63-59(58-64)60(65)54-50-46-42-38-34-30-26-20-18-16-14-12-10-8-6-4-2/h59-60,64-65H,3-58H2,1-2H3,(H,63,66). The van der Waals surface area contributed by atoms with Crippen LogP contribution >= 0.6 is 0 Å². The predicted octanol–water partition coefficient (Wildman–Crippen LogP) is 19.5. The second-order valence-corrected chi connectivity index (χ2v) is 21.8. The average molecular weight is 963 g/mol. The van der Waals surface area contributed by atoms with Crippen LogP contribution in [0.4, 0.5) is 0 Å². The van der Waals surface area contributed by atoms with Crippen molar-refractivity contribution < 1.29 is 24.5 Å². The summed E-state index contributed by atoms with van der Waals surface area (Å²) in [4.78, 5) is 24.6. The quantitative estimate of drug-likeness (QED) is 0.0417. The van der Waals surface area contributed by atoms with Gasteiger partial charge in [0.2, 0.25) is 5.91 Å². The summed E-state index contributed by atoms with van der Waals surface area (Å²) in [5.41, 5.74) is 0. The Morgan fingerprint density at radius 3 is 0.897 bits per heavy atom. The molecule has 2 unspecified atom stereocenters. The van der Waals surface area contributed by atoms with Crippen molar-refractivity contribution in [3.8, 4) is 0 Å². The molecular formula is C62H123NO5. The normalized spacial score (nSPS) is 12.5. The lowest BCUT2D eigenvalue weighted by molar-refractivity contribution is -0.143. The monoisotopic (exact) mass is 962 g/mol. The van der Waals surface area contributed by atoms with E-state index in [0.717, 1.165) is 38.5 Å². The van der Waals surface area contributed by atoms with Crippen LogP contribution in [0.25, 0.3) is 0 Å². The van der Waals surface area contributed by atoms with Crippen molar-refractivity contribution in [1.29, 1.82) is 0 Å². The molecule has 0 aliphatic carbocycles. The first-order valence-electron chi connectivity index (χ1n) is 31.3. The minimum Gasteiger partial charge on any atom is -0.466 e. The van der Waals surface area contributed by atoms with E-state index < -0.39 is 12.1 Å². The van der Waals surface area contributed by atoms with Gasteiger partial charge in [-0.25, -0.2) is 0 Å². The molecule has 0 radical (unpaired) electrons. The first-order valence-corrected chi connectivity index (χ1v) is 31.3. The van der Waals surface area contributed by atoms with Gasteiger partial charge in [-0.15, -0.1) is 0 Å². The Morgan fingerprint density at radius 2 is 0.603 bits per heavy atom. The van der Waals surface area contributed by atoms with Crippen LogP contribution in [0, 0.1) is 0 Å². The van der Waals surface area contributed by atoms with E-state index in [4.69, 9.17) is 4.74 Å². The van der Waals surface area contributed by atoms with Crippen LogP contribution in [-0.4, -0.2) is 47.4 Å². The van der Waals surface area contributed by atoms with Gasteiger partial charge in [0, 0.05) is 12.8 Å². The van der Waals surface area contributed by atoms with E-state index in [9.17, 15) is 19.8 Å². The summed E-state index contributed by atoms with van der Waals surface area (Å²) in [6.07, 6.45) is 68.2. The van der Waals surface area contributed by atoms with E-state index in [1.165, 1.54) is 289 Å². The Labute approximate surface area is 426 Å². The molecule has 0 rings (SSSR count). The molecule has 0 aromatic rings. The summed E-state index contributed by atoms with van der Waals surface area (Å²) in [5.74, 6) is -0.0256. The summed E-state index contributed by atoms with van der Waals surface area (Å²) >= 11 is 0. The highest BCUT2D eigenvalue weighted by atomic mass is 16.5. The molecule has 0 saturated heterocycles. The number of ether oxygens (including phenoxy) is 1. The number of hydrogen-bond donors (Lipinski definition) is 3. The molecular weight excluding hydrogens is 839 g/mol. The zero-order chi connectivity index (χ0) is 49.3. The zero-order valence-electron chi connectivity index (χ0n) is 46.4. The van der Waals surface area contributed by atoms with Crippen molar-refractivity contribution in [2.45, 2.75) is 373 Å². The molecule has 0 saturated carbocycles. The van der Waals surface area contributed by atoms with Crippen molar-refractivity contribution in [3.05, 3.63) is 0 Å². The molecule has 0 aromatic carbocycles. The first-order chi connectivity index (χ1) is 33.5. The van der Waals surface area contributed by atoms with E-state index in [-0.39, 0.29) is 18.5 Å². The zero-order valence-corrected chi connectivity index (χ0v) is 46.4. The van der Waals surface area contributed by atoms with Gasteiger partial charge in [0.25, 0.3) is 0 Å². The number of amides is 1. The lowest BCUT2D eigenvalue weighted by atomic mass is 10.0.